The van der Waals surface area contributed by atoms with Crippen LogP contribution in [0.1, 0.15) is 24.0 Å². The number of nitro groups is 1. The lowest BCUT2D eigenvalue weighted by molar-refractivity contribution is -0.383. The second kappa shape index (κ2) is 9.60. The number of rotatable bonds is 5. The van der Waals surface area contributed by atoms with E-state index in [0.717, 1.165) is 13.1 Å². The zero-order chi connectivity index (χ0) is 23.5. The van der Waals surface area contributed by atoms with Gasteiger partial charge in [-0.05, 0) is 43.9 Å². The molecule has 2 aromatic rings. The van der Waals surface area contributed by atoms with Crippen LogP contribution in [0.2, 0.25) is 0 Å². The molecule has 2 fully saturated rings. The Morgan fingerprint density at radius 1 is 1.00 bits per heavy atom. The molecule has 2 saturated heterocycles. The molecule has 4 rings (SSSR count). The number of piperidine rings is 1. The molecule has 2 aliphatic heterocycles. The fourth-order valence-corrected chi connectivity index (χ4v) is 4.72. The first kappa shape index (κ1) is 22.8. The van der Waals surface area contributed by atoms with E-state index in [1.54, 1.807) is 0 Å². The highest BCUT2D eigenvalue weighted by Gasteiger charge is 2.34. The van der Waals surface area contributed by atoms with Gasteiger partial charge in [-0.25, -0.2) is 9.97 Å². The molecule has 0 N–H and O–H groups in total. The molecule has 0 atom stereocenters. The van der Waals surface area contributed by atoms with Crippen molar-refractivity contribution in [3.05, 3.63) is 45.8 Å². The van der Waals surface area contributed by atoms with Crippen LogP contribution in [0, 0.1) is 29.9 Å². The van der Waals surface area contributed by atoms with Crippen LogP contribution >= 0.6 is 0 Å². The average Bonchev–Trinajstić information content (AvgIpc) is 2.85. The summed E-state index contributed by atoms with van der Waals surface area (Å²) in [4.78, 5) is 38.3. The van der Waals surface area contributed by atoms with E-state index in [0.29, 0.717) is 50.7 Å². The van der Waals surface area contributed by atoms with E-state index in [1.165, 1.54) is 30.3 Å². The number of aryl methyl sites for hydroxylation is 1. The van der Waals surface area contributed by atoms with Gasteiger partial charge in [-0.3, -0.25) is 14.9 Å². The second-order valence-electron chi connectivity index (χ2n) is 8.60. The number of nitrogens with zero attached hydrogens (tertiary/aromatic N) is 6. The van der Waals surface area contributed by atoms with Crippen molar-refractivity contribution in [3.8, 4) is 0 Å². The normalized spacial score (nSPS) is 17.2. The van der Waals surface area contributed by atoms with Crippen LogP contribution in [0.5, 0.6) is 0 Å². The number of hydrogen-bond acceptors (Lipinski definition) is 9. The number of aromatic nitrogens is 2. The Morgan fingerprint density at radius 2 is 1.58 bits per heavy atom. The van der Waals surface area contributed by atoms with Crippen LogP contribution < -0.4 is 14.7 Å². The van der Waals surface area contributed by atoms with E-state index in [9.17, 15) is 14.9 Å². The van der Waals surface area contributed by atoms with E-state index in [1.807, 2.05) is 9.80 Å². The predicted molar refractivity (Wildman–Crippen MR) is 126 cm³/mol. The number of esters is 1. The predicted octanol–water partition coefficient (Wildman–Crippen LogP) is 2.72. The molecule has 0 bridgehead atoms. The standard InChI is InChI=1S/C23H30N6O4/c1-16-5-4-6-19(17(16)2)26-11-13-28(14-12-26)22-20(29(31)32)21(24-15-25-22)27-9-7-18(8-10-27)23(30)33-3/h4-6,15,18H,7-14H2,1-3H3. The highest BCUT2D eigenvalue weighted by molar-refractivity contribution is 5.74. The van der Waals surface area contributed by atoms with Gasteiger partial charge in [-0.1, -0.05) is 12.1 Å². The number of methoxy groups -OCH3 is 1. The molecule has 33 heavy (non-hydrogen) atoms. The summed E-state index contributed by atoms with van der Waals surface area (Å²) in [5.41, 5.74) is 3.66. The Kier molecular flexibility index (Phi) is 6.62. The molecule has 2 aliphatic rings. The SMILES string of the molecule is COC(=O)C1CCN(c2ncnc(N3CCN(c4cccc(C)c4C)CC3)c2[N+](=O)[O-])CC1. The van der Waals surface area contributed by atoms with Crippen LogP contribution in [-0.2, 0) is 9.53 Å². The van der Waals surface area contributed by atoms with Crippen molar-refractivity contribution in [2.75, 3.05) is 61.1 Å². The highest BCUT2D eigenvalue weighted by Crippen LogP contribution is 2.37. The smallest absolute Gasteiger partial charge is 0.353 e. The van der Waals surface area contributed by atoms with Crippen LogP contribution in [0.4, 0.5) is 23.0 Å². The summed E-state index contributed by atoms with van der Waals surface area (Å²) in [6.45, 7) is 8.03. The maximum absolute atomic E-state index is 12.1. The molecular weight excluding hydrogens is 424 g/mol. The highest BCUT2D eigenvalue weighted by atomic mass is 16.6. The van der Waals surface area contributed by atoms with Gasteiger partial charge in [-0.2, -0.15) is 0 Å². The third kappa shape index (κ3) is 4.55. The maximum Gasteiger partial charge on any atom is 0.353 e. The van der Waals surface area contributed by atoms with Gasteiger partial charge in [0.2, 0.25) is 11.6 Å². The molecule has 10 heteroatoms. The number of piperazine rings is 1. The number of carbonyl (C=O) groups excluding carboxylic acids is 1. The summed E-state index contributed by atoms with van der Waals surface area (Å²) < 4.78 is 4.84. The summed E-state index contributed by atoms with van der Waals surface area (Å²) in [5, 5.41) is 12.1. The van der Waals surface area contributed by atoms with Crippen molar-refractivity contribution in [1.82, 2.24) is 9.97 Å². The first-order valence-corrected chi connectivity index (χ1v) is 11.3. The zero-order valence-electron chi connectivity index (χ0n) is 19.4. The summed E-state index contributed by atoms with van der Waals surface area (Å²) >= 11 is 0. The summed E-state index contributed by atoms with van der Waals surface area (Å²) in [5.74, 6) is 0.282. The monoisotopic (exact) mass is 454 g/mol. The summed E-state index contributed by atoms with van der Waals surface area (Å²) in [6.07, 6.45) is 2.57. The molecular formula is C23H30N6O4. The molecule has 3 heterocycles. The average molecular weight is 455 g/mol. The van der Waals surface area contributed by atoms with Crippen molar-refractivity contribution in [3.63, 3.8) is 0 Å². The van der Waals surface area contributed by atoms with Gasteiger partial charge in [0.15, 0.2) is 0 Å². The Hall–Kier alpha value is -3.43. The quantitative estimate of drug-likeness (QED) is 0.383. The fraction of sp³-hybridized carbons (Fsp3) is 0.522. The molecule has 0 amide bonds. The number of hydrogen-bond donors (Lipinski definition) is 0. The van der Waals surface area contributed by atoms with Crippen molar-refractivity contribution in [2.45, 2.75) is 26.7 Å². The molecule has 0 unspecified atom stereocenters. The minimum atomic E-state index is -0.381. The summed E-state index contributed by atoms with van der Waals surface area (Å²) in [6, 6.07) is 6.30. The fourth-order valence-electron chi connectivity index (χ4n) is 4.72. The molecule has 0 saturated carbocycles. The van der Waals surface area contributed by atoms with Crippen molar-refractivity contribution < 1.29 is 14.5 Å². The second-order valence-corrected chi connectivity index (χ2v) is 8.60. The molecule has 10 nitrogen and oxygen atoms in total. The minimum absolute atomic E-state index is 0.0609. The van der Waals surface area contributed by atoms with Gasteiger partial charge in [0, 0.05) is 45.0 Å². The zero-order valence-corrected chi connectivity index (χ0v) is 19.4. The Balaban J connectivity index is 1.52. The largest absolute Gasteiger partial charge is 0.469 e. The first-order chi connectivity index (χ1) is 15.9. The molecule has 1 aromatic heterocycles. The number of benzene rings is 1. The number of carbonyl (C=O) groups is 1. The Labute approximate surface area is 193 Å². The van der Waals surface area contributed by atoms with Crippen LogP contribution in [0.3, 0.4) is 0 Å². The molecule has 1 aromatic carbocycles. The summed E-state index contributed by atoms with van der Waals surface area (Å²) in [7, 11) is 1.39. The molecule has 0 aliphatic carbocycles. The number of ether oxygens (including phenoxy) is 1. The molecule has 0 spiro atoms. The Bertz CT molecular complexity index is 1030. The molecule has 176 valence electrons. The lowest BCUT2D eigenvalue weighted by Gasteiger charge is -2.37. The lowest BCUT2D eigenvalue weighted by atomic mass is 9.97. The van der Waals surface area contributed by atoms with E-state index < -0.39 is 0 Å². The van der Waals surface area contributed by atoms with Gasteiger partial charge in [0.25, 0.3) is 0 Å². The van der Waals surface area contributed by atoms with Gasteiger partial charge in [-0.15, -0.1) is 0 Å². The first-order valence-electron chi connectivity index (χ1n) is 11.3. The minimum Gasteiger partial charge on any atom is -0.469 e. The maximum atomic E-state index is 12.1. The van der Waals surface area contributed by atoms with Crippen molar-refractivity contribution >= 4 is 29.0 Å². The number of anilines is 3. The van der Waals surface area contributed by atoms with Gasteiger partial charge >= 0.3 is 11.7 Å². The van der Waals surface area contributed by atoms with Crippen LogP contribution in [-0.4, -0.2) is 67.2 Å². The van der Waals surface area contributed by atoms with E-state index >= 15 is 0 Å². The van der Waals surface area contributed by atoms with E-state index in [4.69, 9.17) is 4.74 Å². The van der Waals surface area contributed by atoms with Gasteiger partial charge in [0.1, 0.15) is 6.33 Å². The van der Waals surface area contributed by atoms with Crippen molar-refractivity contribution in [1.29, 1.82) is 0 Å². The van der Waals surface area contributed by atoms with Gasteiger partial charge in [0.05, 0.1) is 18.0 Å². The van der Waals surface area contributed by atoms with Crippen LogP contribution in [0.25, 0.3) is 0 Å². The van der Waals surface area contributed by atoms with Crippen LogP contribution in [0.15, 0.2) is 24.5 Å². The van der Waals surface area contributed by atoms with E-state index in [-0.39, 0.29) is 22.5 Å². The lowest BCUT2D eigenvalue weighted by Crippen LogP contribution is -2.47. The van der Waals surface area contributed by atoms with Crippen molar-refractivity contribution in [2.24, 2.45) is 5.92 Å². The third-order valence-corrected chi connectivity index (χ3v) is 6.79. The third-order valence-electron chi connectivity index (χ3n) is 6.79. The molecule has 0 radical (unpaired) electrons. The van der Waals surface area contributed by atoms with Gasteiger partial charge < -0.3 is 19.4 Å². The van der Waals surface area contributed by atoms with E-state index in [2.05, 4.69) is 46.9 Å². The topological polar surface area (TPSA) is 105 Å². The Morgan fingerprint density at radius 3 is 2.15 bits per heavy atom.